The average Bonchev–Trinajstić information content (AvgIpc) is 2.18. The van der Waals surface area contributed by atoms with Gasteiger partial charge in [0.2, 0.25) is 0 Å². The molecule has 5 heteroatoms. The summed E-state index contributed by atoms with van der Waals surface area (Å²) in [5.74, 6) is 0.857. The van der Waals surface area contributed by atoms with Crippen molar-refractivity contribution in [2.24, 2.45) is 5.92 Å². The summed E-state index contributed by atoms with van der Waals surface area (Å²) in [5, 5.41) is 0. The summed E-state index contributed by atoms with van der Waals surface area (Å²) in [7, 11) is 0. The maximum absolute atomic E-state index is 12.2. The van der Waals surface area contributed by atoms with Crippen molar-refractivity contribution < 1.29 is 22.6 Å². The molecule has 0 heterocycles. The standard InChI is InChI=1S/C13H15F3O2/c1-8-5-11(6-8)17-10-4-3-9(2)12(7-10)18-13(14,15)16/h3-4,7-8,11H,5-6H2,1-2H3/t8-,11+. The Morgan fingerprint density at radius 2 is 1.89 bits per heavy atom. The number of alkyl halides is 3. The summed E-state index contributed by atoms with van der Waals surface area (Å²) in [6.45, 7) is 3.68. The summed E-state index contributed by atoms with van der Waals surface area (Å²) in [6.07, 6.45) is -2.66. The van der Waals surface area contributed by atoms with Crippen LogP contribution in [0.3, 0.4) is 0 Å². The highest BCUT2D eigenvalue weighted by Crippen LogP contribution is 2.34. The monoisotopic (exact) mass is 260 g/mol. The molecule has 0 N–H and O–H groups in total. The van der Waals surface area contributed by atoms with Crippen LogP contribution in [0.1, 0.15) is 25.3 Å². The van der Waals surface area contributed by atoms with Crippen LogP contribution in [0.25, 0.3) is 0 Å². The van der Waals surface area contributed by atoms with Gasteiger partial charge in [0, 0.05) is 6.07 Å². The summed E-state index contributed by atoms with van der Waals surface area (Å²) < 4.78 is 46.1. The third-order valence-corrected chi connectivity index (χ3v) is 3.02. The van der Waals surface area contributed by atoms with Crippen LogP contribution in [-0.4, -0.2) is 12.5 Å². The Labute approximate surface area is 104 Å². The third-order valence-electron chi connectivity index (χ3n) is 3.02. The van der Waals surface area contributed by atoms with Gasteiger partial charge >= 0.3 is 6.36 Å². The Bertz CT molecular complexity index is 423. The molecule has 0 amide bonds. The SMILES string of the molecule is Cc1ccc(O[C@H]2C[C@@H](C)C2)cc1OC(F)(F)F. The molecule has 2 nitrogen and oxygen atoms in total. The molecule has 0 unspecified atom stereocenters. The first-order valence-electron chi connectivity index (χ1n) is 5.86. The highest BCUT2D eigenvalue weighted by atomic mass is 19.4. The molecule has 1 aromatic carbocycles. The highest BCUT2D eigenvalue weighted by Gasteiger charge is 2.32. The van der Waals surface area contributed by atoms with Crippen LogP contribution in [-0.2, 0) is 0 Å². The van der Waals surface area contributed by atoms with Gasteiger partial charge in [-0.25, -0.2) is 0 Å². The lowest BCUT2D eigenvalue weighted by Crippen LogP contribution is -2.31. The Balaban J connectivity index is 2.06. The minimum atomic E-state index is -4.67. The van der Waals surface area contributed by atoms with E-state index in [2.05, 4.69) is 11.7 Å². The number of aryl methyl sites for hydroxylation is 1. The summed E-state index contributed by atoms with van der Waals surface area (Å²) in [4.78, 5) is 0. The molecular weight excluding hydrogens is 245 g/mol. The fourth-order valence-electron chi connectivity index (χ4n) is 2.01. The average molecular weight is 260 g/mol. The Hall–Kier alpha value is -1.39. The quantitative estimate of drug-likeness (QED) is 0.815. The molecule has 2 rings (SSSR count). The number of benzene rings is 1. The largest absolute Gasteiger partial charge is 0.573 e. The van der Waals surface area contributed by atoms with Gasteiger partial charge < -0.3 is 9.47 Å². The molecule has 0 aliphatic heterocycles. The lowest BCUT2D eigenvalue weighted by Gasteiger charge is -2.33. The second-order valence-corrected chi connectivity index (χ2v) is 4.79. The molecule has 0 saturated heterocycles. The van der Waals surface area contributed by atoms with Gasteiger partial charge in [0.15, 0.2) is 0 Å². The van der Waals surface area contributed by atoms with Crippen molar-refractivity contribution in [1.29, 1.82) is 0 Å². The fourth-order valence-corrected chi connectivity index (χ4v) is 2.01. The van der Waals surface area contributed by atoms with E-state index in [0.717, 1.165) is 12.8 Å². The lowest BCUT2D eigenvalue weighted by atomic mass is 9.84. The zero-order valence-corrected chi connectivity index (χ0v) is 10.3. The normalized spacial score (nSPS) is 23.4. The van der Waals surface area contributed by atoms with Gasteiger partial charge in [0.25, 0.3) is 0 Å². The third kappa shape index (κ3) is 3.31. The van der Waals surface area contributed by atoms with Crippen molar-refractivity contribution >= 4 is 0 Å². The molecule has 100 valence electrons. The molecule has 1 saturated carbocycles. The molecule has 18 heavy (non-hydrogen) atoms. The van der Waals surface area contributed by atoms with E-state index in [-0.39, 0.29) is 11.9 Å². The van der Waals surface area contributed by atoms with Crippen molar-refractivity contribution in [2.75, 3.05) is 0 Å². The van der Waals surface area contributed by atoms with E-state index < -0.39 is 6.36 Å². The van der Waals surface area contributed by atoms with Crippen LogP contribution in [0.15, 0.2) is 18.2 Å². The number of rotatable bonds is 3. The van der Waals surface area contributed by atoms with Crippen molar-refractivity contribution in [1.82, 2.24) is 0 Å². The fraction of sp³-hybridized carbons (Fsp3) is 0.538. The predicted molar refractivity (Wildman–Crippen MR) is 60.7 cm³/mol. The lowest BCUT2D eigenvalue weighted by molar-refractivity contribution is -0.274. The van der Waals surface area contributed by atoms with Gasteiger partial charge in [-0.2, -0.15) is 0 Å². The van der Waals surface area contributed by atoms with E-state index in [0.29, 0.717) is 17.2 Å². The van der Waals surface area contributed by atoms with Gasteiger partial charge in [0.1, 0.15) is 11.5 Å². The van der Waals surface area contributed by atoms with Crippen molar-refractivity contribution in [3.63, 3.8) is 0 Å². The number of ether oxygens (including phenoxy) is 2. The summed E-state index contributed by atoms with van der Waals surface area (Å²) >= 11 is 0. The minimum Gasteiger partial charge on any atom is -0.490 e. The van der Waals surface area contributed by atoms with Gasteiger partial charge in [-0.05, 0) is 37.3 Å². The van der Waals surface area contributed by atoms with Crippen LogP contribution in [0.5, 0.6) is 11.5 Å². The molecular formula is C13H15F3O2. The van der Waals surface area contributed by atoms with E-state index in [1.54, 1.807) is 19.1 Å². The summed E-state index contributed by atoms with van der Waals surface area (Å²) in [5.41, 5.74) is 0.432. The van der Waals surface area contributed by atoms with Crippen molar-refractivity contribution in [3.05, 3.63) is 23.8 Å². The second-order valence-electron chi connectivity index (χ2n) is 4.79. The molecule has 0 radical (unpaired) electrons. The van der Waals surface area contributed by atoms with E-state index in [1.165, 1.54) is 6.07 Å². The van der Waals surface area contributed by atoms with E-state index in [4.69, 9.17) is 4.74 Å². The van der Waals surface area contributed by atoms with Gasteiger partial charge in [0.05, 0.1) is 6.10 Å². The molecule has 0 bridgehead atoms. The van der Waals surface area contributed by atoms with E-state index in [1.807, 2.05) is 0 Å². The maximum atomic E-state index is 12.2. The minimum absolute atomic E-state index is 0.112. The van der Waals surface area contributed by atoms with Crippen LogP contribution in [0, 0.1) is 12.8 Å². The molecule has 0 spiro atoms. The van der Waals surface area contributed by atoms with E-state index in [9.17, 15) is 13.2 Å². The number of halogens is 3. The molecule has 1 aliphatic carbocycles. The van der Waals surface area contributed by atoms with Gasteiger partial charge in [-0.15, -0.1) is 13.2 Å². The second kappa shape index (κ2) is 4.71. The smallest absolute Gasteiger partial charge is 0.490 e. The molecule has 1 fully saturated rings. The van der Waals surface area contributed by atoms with E-state index >= 15 is 0 Å². The van der Waals surface area contributed by atoms with Gasteiger partial charge in [-0.1, -0.05) is 13.0 Å². The van der Waals surface area contributed by atoms with Crippen LogP contribution < -0.4 is 9.47 Å². The van der Waals surface area contributed by atoms with Crippen molar-refractivity contribution in [2.45, 2.75) is 39.2 Å². The highest BCUT2D eigenvalue weighted by molar-refractivity contribution is 5.40. The zero-order valence-electron chi connectivity index (χ0n) is 10.3. The van der Waals surface area contributed by atoms with Crippen LogP contribution >= 0.6 is 0 Å². The predicted octanol–water partition coefficient (Wildman–Crippen LogP) is 4.07. The zero-order chi connectivity index (χ0) is 13.3. The Kier molecular flexibility index (Phi) is 3.41. The van der Waals surface area contributed by atoms with Gasteiger partial charge in [-0.3, -0.25) is 0 Å². The Morgan fingerprint density at radius 3 is 2.44 bits per heavy atom. The van der Waals surface area contributed by atoms with Crippen LogP contribution in [0.2, 0.25) is 0 Å². The first-order valence-corrected chi connectivity index (χ1v) is 5.86. The van der Waals surface area contributed by atoms with Crippen LogP contribution in [0.4, 0.5) is 13.2 Å². The first-order chi connectivity index (χ1) is 8.33. The maximum Gasteiger partial charge on any atom is 0.573 e. The number of hydrogen-bond donors (Lipinski definition) is 0. The topological polar surface area (TPSA) is 18.5 Å². The molecule has 1 aromatic rings. The number of hydrogen-bond acceptors (Lipinski definition) is 2. The molecule has 0 atom stereocenters. The first kappa shape index (κ1) is 13.1. The summed E-state index contributed by atoms with van der Waals surface area (Å²) in [6, 6.07) is 4.53. The molecule has 0 aromatic heterocycles. The molecule has 1 aliphatic rings. The van der Waals surface area contributed by atoms with Crippen molar-refractivity contribution in [3.8, 4) is 11.5 Å². The Morgan fingerprint density at radius 1 is 1.22 bits per heavy atom.